The first kappa shape index (κ1) is 17.9. The Bertz CT molecular complexity index is 1190. The number of fused-ring (bicyclic) bond motifs is 1. The van der Waals surface area contributed by atoms with Crippen LogP contribution in [-0.2, 0) is 0 Å². The summed E-state index contributed by atoms with van der Waals surface area (Å²) in [6, 6.07) is 13.2. The number of benzene rings is 2. The number of carbonyl (C=O) groups is 2. The van der Waals surface area contributed by atoms with Gasteiger partial charge in [-0.25, -0.2) is 8.78 Å². The van der Waals surface area contributed by atoms with Crippen molar-refractivity contribution in [3.05, 3.63) is 82.2 Å². The van der Waals surface area contributed by atoms with Crippen LogP contribution in [0.2, 0.25) is 0 Å². The largest absolute Gasteiger partial charge is 0.449 e. The summed E-state index contributed by atoms with van der Waals surface area (Å²) in [6.07, 6.45) is 0. The van der Waals surface area contributed by atoms with E-state index in [9.17, 15) is 18.4 Å². The quantitative estimate of drug-likeness (QED) is 0.491. The molecule has 0 saturated heterocycles. The van der Waals surface area contributed by atoms with E-state index >= 15 is 0 Å². The number of rotatable bonds is 4. The van der Waals surface area contributed by atoms with Gasteiger partial charge in [-0.2, -0.15) is 0 Å². The molecule has 4 aromatic rings. The van der Waals surface area contributed by atoms with E-state index in [1.54, 1.807) is 41.8 Å². The molecule has 0 fully saturated rings. The van der Waals surface area contributed by atoms with Crippen molar-refractivity contribution in [2.75, 3.05) is 10.6 Å². The van der Waals surface area contributed by atoms with Crippen LogP contribution < -0.4 is 10.6 Å². The first-order valence-electron chi connectivity index (χ1n) is 8.16. The zero-order valence-corrected chi connectivity index (χ0v) is 15.0. The summed E-state index contributed by atoms with van der Waals surface area (Å²) >= 11 is 1.26. The Kier molecular flexibility index (Phi) is 4.62. The average Bonchev–Trinajstić information content (AvgIpc) is 3.33. The number of halogens is 2. The molecule has 2 amide bonds. The van der Waals surface area contributed by atoms with E-state index in [4.69, 9.17) is 4.42 Å². The Labute approximate surface area is 161 Å². The highest BCUT2D eigenvalue weighted by Gasteiger charge is 2.23. The fourth-order valence-corrected chi connectivity index (χ4v) is 3.29. The van der Waals surface area contributed by atoms with Gasteiger partial charge in [0.15, 0.2) is 11.6 Å². The Hall–Kier alpha value is -3.52. The molecule has 28 heavy (non-hydrogen) atoms. The van der Waals surface area contributed by atoms with Crippen LogP contribution in [-0.4, -0.2) is 11.8 Å². The van der Waals surface area contributed by atoms with Crippen molar-refractivity contribution in [1.82, 2.24) is 0 Å². The molecule has 0 saturated carbocycles. The van der Waals surface area contributed by atoms with Gasteiger partial charge in [0.1, 0.15) is 11.3 Å². The lowest BCUT2D eigenvalue weighted by Gasteiger charge is -2.07. The van der Waals surface area contributed by atoms with Gasteiger partial charge in [0.05, 0.1) is 4.88 Å². The number of carbonyl (C=O) groups excluding carboxylic acids is 2. The second-order valence-corrected chi connectivity index (χ2v) is 6.76. The average molecular weight is 398 g/mol. The van der Waals surface area contributed by atoms with Gasteiger partial charge >= 0.3 is 0 Å². The van der Waals surface area contributed by atoms with Crippen LogP contribution in [0.4, 0.5) is 20.2 Å². The third-order valence-corrected chi connectivity index (χ3v) is 4.83. The highest BCUT2D eigenvalue weighted by molar-refractivity contribution is 7.12. The van der Waals surface area contributed by atoms with Crippen LogP contribution in [0, 0.1) is 11.6 Å². The Morgan fingerprint density at radius 1 is 0.893 bits per heavy atom. The minimum absolute atomic E-state index is 0.0555. The van der Waals surface area contributed by atoms with Crippen LogP contribution in [0.3, 0.4) is 0 Å². The van der Waals surface area contributed by atoms with E-state index in [0.29, 0.717) is 15.8 Å². The van der Waals surface area contributed by atoms with Gasteiger partial charge in [0, 0.05) is 17.1 Å². The molecule has 0 unspecified atom stereocenters. The number of thiophene rings is 1. The molecule has 4 rings (SSSR count). The summed E-state index contributed by atoms with van der Waals surface area (Å²) in [5.41, 5.74) is 0.661. The summed E-state index contributed by atoms with van der Waals surface area (Å²) in [4.78, 5) is 25.6. The Balaban J connectivity index is 1.70. The fraction of sp³-hybridized carbons (Fsp3) is 0. The smallest absolute Gasteiger partial charge is 0.293 e. The zero-order valence-electron chi connectivity index (χ0n) is 14.2. The summed E-state index contributed by atoms with van der Waals surface area (Å²) in [5.74, 6) is -3.35. The predicted molar refractivity (Wildman–Crippen MR) is 103 cm³/mol. The standard InChI is InChI=1S/C20H12F2N2O3S/c21-13-8-7-11(10-14(13)22)23-20(26)18-17(12-4-1-2-5-15(12)27-18)24-19(25)16-6-3-9-28-16/h1-10H,(H,23,26)(H,24,25). The summed E-state index contributed by atoms with van der Waals surface area (Å²) in [7, 11) is 0. The van der Waals surface area contributed by atoms with Crippen molar-refractivity contribution in [1.29, 1.82) is 0 Å². The van der Waals surface area contributed by atoms with Crippen LogP contribution in [0.25, 0.3) is 11.0 Å². The Morgan fingerprint density at radius 3 is 2.46 bits per heavy atom. The number of hydrogen-bond acceptors (Lipinski definition) is 4. The number of nitrogens with one attached hydrogen (secondary N) is 2. The maximum atomic E-state index is 13.4. The molecule has 0 spiro atoms. The van der Waals surface area contributed by atoms with Gasteiger partial charge < -0.3 is 15.1 Å². The first-order valence-corrected chi connectivity index (χ1v) is 9.03. The lowest BCUT2D eigenvalue weighted by molar-refractivity contribution is 0.0999. The third-order valence-electron chi connectivity index (χ3n) is 3.96. The maximum absolute atomic E-state index is 13.4. The van der Waals surface area contributed by atoms with Crippen molar-refractivity contribution < 1.29 is 22.8 Å². The summed E-state index contributed by atoms with van der Waals surface area (Å²) in [5, 5.41) is 7.46. The van der Waals surface area contributed by atoms with E-state index in [1.807, 2.05) is 0 Å². The van der Waals surface area contributed by atoms with Crippen molar-refractivity contribution in [2.24, 2.45) is 0 Å². The molecule has 5 nitrogen and oxygen atoms in total. The van der Waals surface area contributed by atoms with Crippen LogP contribution in [0.15, 0.2) is 64.4 Å². The van der Waals surface area contributed by atoms with E-state index < -0.39 is 17.5 Å². The van der Waals surface area contributed by atoms with Crippen molar-refractivity contribution >= 4 is 45.5 Å². The molecule has 0 aliphatic carbocycles. The van der Waals surface area contributed by atoms with Crippen molar-refractivity contribution in [3.8, 4) is 0 Å². The van der Waals surface area contributed by atoms with Crippen LogP contribution in [0.1, 0.15) is 20.2 Å². The molecule has 2 heterocycles. The molecule has 140 valence electrons. The van der Waals surface area contributed by atoms with E-state index in [2.05, 4.69) is 10.6 Å². The maximum Gasteiger partial charge on any atom is 0.293 e. The van der Waals surface area contributed by atoms with E-state index in [0.717, 1.165) is 12.1 Å². The fourth-order valence-electron chi connectivity index (χ4n) is 2.67. The van der Waals surface area contributed by atoms with Crippen LogP contribution >= 0.6 is 11.3 Å². The highest BCUT2D eigenvalue weighted by Crippen LogP contribution is 2.32. The molecular formula is C20H12F2N2O3S. The number of hydrogen-bond donors (Lipinski definition) is 2. The molecular weight excluding hydrogens is 386 g/mol. The van der Waals surface area contributed by atoms with Gasteiger partial charge in [-0.1, -0.05) is 18.2 Å². The van der Waals surface area contributed by atoms with Gasteiger partial charge in [-0.15, -0.1) is 11.3 Å². The first-order chi connectivity index (χ1) is 13.5. The molecule has 8 heteroatoms. The third kappa shape index (κ3) is 3.37. The predicted octanol–water partition coefficient (Wildman–Crippen LogP) is 5.28. The van der Waals surface area contributed by atoms with E-state index in [-0.39, 0.29) is 23.0 Å². The molecule has 0 aliphatic heterocycles. The van der Waals surface area contributed by atoms with Gasteiger partial charge in [0.25, 0.3) is 11.8 Å². The topological polar surface area (TPSA) is 71.3 Å². The zero-order chi connectivity index (χ0) is 19.7. The van der Waals surface area contributed by atoms with Gasteiger partial charge in [0.2, 0.25) is 5.76 Å². The Morgan fingerprint density at radius 2 is 1.71 bits per heavy atom. The summed E-state index contributed by atoms with van der Waals surface area (Å²) in [6.45, 7) is 0. The number of furan rings is 1. The lowest BCUT2D eigenvalue weighted by Crippen LogP contribution is -2.16. The summed E-state index contributed by atoms with van der Waals surface area (Å²) < 4.78 is 32.1. The highest BCUT2D eigenvalue weighted by atomic mass is 32.1. The molecule has 2 aromatic heterocycles. The van der Waals surface area contributed by atoms with Crippen molar-refractivity contribution in [3.63, 3.8) is 0 Å². The molecule has 0 aliphatic rings. The van der Waals surface area contributed by atoms with Crippen LogP contribution in [0.5, 0.6) is 0 Å². The molecule has 0 atom stereocenters. The van der Waals surface area contributed by atoms with E-state index in [1.165, 1.54) is 17.4 Å². The van der Waals surface area contributed by atoms with Gasteiger partial charge in [-0.3, -0.25) is 9.59 Å². The minimum Gasteiger partial charge on any atom is -0.449 e. The molecule has 2 aromatic carbocycles. The van der Waals surface area contributed by atoms with Gasteiger partial charge in [-0.05, 0) is 35.7 Å². The normalized spacial score (nSPS) is 10.8. The molecule has 0 radical (unpaired) electrons. The second kappa shape index (κ2) is 7.24. The molecule has 0 bridgehead atoms. The SMILES string of the molecule is O=C(Nc1c(C(=O)Nc2ccc(F)c(F)c2)oc2ccccc12)c1cccs1. The monoisotopic (exact) mass is 398 g/mol. The van der Waals surface area contributed by atoms with Crippen molar-refractivity contribution in [2.45, 2.75) is 0 Å². The lowest BCUT2D eigenvalue weighted by atomic mass is 10.2. The second-order valence-electron chi connectivity index (χ2n) is 5.82. The number of para-hydroxylation sites is 1. The minimum atomic E-state index is -1.09. The molecule has 2 N–H and O–H groups in total. The number of anilines is 2. The number of amides is 2.